The highest BCUT2D eigenvalue weighted by molar-refractivity contribution is 5.79. The Balaban J connectivity index is 1.64. The Morgan fingerprint density at radius 3 is 2.89 bits per heavy atom. The second-order valence-corrected chi connectivity index (χ2v) is 6.69. The summed E-state index contributed by atoms with van der Waals surface area (Å²) in [7, 11) is 0. The van der Waals surface area contributed by atoms with Gasteiger partial charge in [0, 0.05) is 19.4 Å². The summed E-state index contributed by atoms with van der Waals surface area (Å²) in [6.45, 7) is 1.77. The molecule has 1 aliphatic heterocycles. The molecule has 1 saturated heterocycles. The molecule has 0 aromatic rings. The highest BCUT2D eigenvalue weighted by Crippen LogP contribution is 2.51. The molecule has 2 saturated carbocycles. The van der Waals surface area contributed by atoms with Crippen molar-refractivity contribution < 1.29 is 9.53 Å². The highest BCUT2D eigenvalue weighted by atomic mass is 16.5. The SMILES string of the molecule is O=C1CCC2C3=CC=C4COCCC4C3CCC2C1. The molecule has 4 unspecified atom stereocenters. The van der Waals surface area contributed by atoms with Crippen LogP contribution in [0, 0.1) is 23.7 Å². The van der Waals surface area contributed by atoms with Gasteiger partial charge in [-0.05, 0) is 54.9 Å². The number of hydrogen-bond donors (Lipinski definition) is 0. The second kappa shape index (κ2) is 4.59. The normalized spacial score (nSPS) is 41.6. The Bertz CT molecular complexity index is 460. The summed E-state index contributed by atoms with van der Waals surface area (Å²) in [4.78, 5) is 11.7. The molecule has 4 atom stereocenters. The van der Waals surface area contributed by atoms with Crippen molar-refractivity contribution in [1.82, 2.24) is 0 Å². The maximum Gasteiger partial charge on any atom is 0.133 e. The monoisotopic (exact) mass is 258 g/mol. The van der Waals surface area contributed by atoms with E-state index >= 15 is 0 Å². The molecule has 19 heavy (non-hydrogen) atoms. The van der Waals surface area contributed by atoms with Crippen molar-refractivity contribution in [2.75, 3.05) is 13.2 Å². The fourth-order valence-electron chi connectivity index (χ4n) is 4.87. The number of ether oxygens (including phenoxy) is 1. The van der Waals surface area contributed by atoms with Gasteiger partial charge >= 0.3 is 0 Å². The van der Waals surface area contributed by atoms with Crippen molar-refractivity contribution in [3.05, 3.63) is 23.3 Å². The molecular formula is C17H22O2. The minimum atomic E-state index is 0.499. The first-order chi connectivity index (χ1) is 9.33. The van der Waals surface area contributed by atoms with Crippen LogP contribution in [-0.4, -0.2) is 19.0 Å². The summed E-state index contributed by atoms with van der Waals surface area (Å²) in [6.07, 6.45) is 11.2. The Morgan fingerprint density at radius 2 is 1.95 bits per heavy atom. The van der Waals surface area contributed by atoms with Crippen LogP contribution in [0.3, 0.4) is 0 Å². The molecule has 2 heteroatoms. The van der Waals surface area contributed by atoms with Gasteiger partial charge in [-0.3, -0.25) is 4.79 Å². The number of rotatable bonds is 0. The van der Waals surface area contributed by atoms with Crippen molar-refractivity contribution in [1.29, 1.82) is 0 Å². The van der Waals surface area contributed by atoms with Gasteiger partial charge < -0.3 is 4.74 Å². The van der Waals surface area contributed by atoms with Crippen LogP contribution in [0.1, 0.15) is 38.5 Å². The van der Waals surface area contributed by atoms with Gasteiger partial charge in [-0.2, -0.15) is 0 Å². The van der Waals surface area contributed by atoms with E-state index in [1.807, 2.05) is 0 Å². The van der Waals surface area contributed by atoms with Crippen LogP contribution in [-0.2, 0) is 9.53 Å². The smallest absolute Gasteiger partial charge is 0.133 e. The quantitative estimate of drug-likeness (QED) is 0.666. The summed E-state index contributed by atoms with van der Waals surface area (Å²) >= 11 is 0. The molecule has 0 amide bonds. The fraction of sp³-hybridized carbons (Fsp3) is 0.706. The first kappa shape index (κ1) is 11.9. The zero-order chi connectivity index (χ0) is 12.8. The van der Waals surface area contributed by atoms with E-state index in [2.05, 4.69) is 12.2 Å². The average Bonchev–Trinajstić information content (AvgIpc) is 2.46. The number of Topliss-reactive ketones (excluding diaryl/α,β-unsaturated/α-hetero) is 1. The molecule has 4 aliphatic rings. The van der Waals surface area contributed by atoms with E-state index in [-0.39, 0.29) is 0 Å². The molecule has 3 aliphatic carbocycles. The number of fused-ring (bicyclic) bond motifs is 5. The van der Waals surface area contributed by atoms with Gasteiger partial charge in [-0.15, -0.1) is 0 Å². The van der Waals surface area contributed by atoms with Gasteiger partial charge in [0.25, 0.3) is 0 Å². The zero-order valence-corrected chi connectivity index (χ0v) is 11.4. The lowest BCUT2D eigenvalue weighted by atomic mass is 9.59. The number of carbonyl (C=O) groups is 1. The Hall–Kier alpha value is -0.890. The van der Waals surface area contributed by atoms with E-state index in [0.29, 0.717) is 17.6 Å². The highest BCUT2D eigenvalue weighted by Gasteiger charge is 2.43. The van der Waals surface area contributed by atoms with Crippen molar-refractivity contribution in [3.8, 4) is 0 Å². The van der Waals surface area contributed by atoms with Crippen LogP contribution >= 0.6 is 0 Å². The first-order valence-corrected chi connectivity index (χ1v) is 7.83. The third-order valence-corrected chi connectivity index (χ3v) is 5.79. The van der Waals surface area contributed by atoms with Crippen molar-refractivity contribution in [2.24, 2.45) is 23.7 Å². The molecule has 1 heterocycles. The number of carbonyl (C=O) groups excluding carboxylic acids is 1. The van der Waals surface area contributed by atoms with Gasteiger partial charge in [0.05, 0.1) is 6.61 Å². The first-order valence-electron chi connectivity index (χ1n) is 7.83. The maximum atomic E-state index is 11.7. The van der Waals surface area contributed by atoms with Crippen LogP contribution in [0.25, 0.3) is 0 Å². The van der Waals surface area contributed by atoms with Crippen LogP contribution in [0.5, 0.6) is 0 Å². The predicted octanol–water partition coefficient (Wildman–Crippen LogP) is 3.28. The Labute approximate surface area is 114 Å². The van der Waals surface area contributed by atoms with Gasteiger partial charge in [-0.1, -0.05) is 17.7 Å². The van der Waals surface area contributed by atoms with E-state index in [1.54, 1.807) is 5.57 Å². The summed E-state index contributed by atoms with van der Waals surface area (Å²) in [6, 6.07) is 0. The van der Waals surface area contributed by atoms with E-state index in [9.17, 15) is 4.79 Å². The molecule has 2 nitrogen and oxygen atoms in total. The molecule has 0 aromatic heterocycles. The number of hydrogen-bond acceptors (Lipinski definition) is 2. The number of allylic oxidation sites excluding steroid dienone is 3. The molecule has 4 rings (SSSR count). The van der Waals surface area contributed by atoms with Crippen molar-refractivity contribution >= 4 is 5.78 Å². The van der Waals surface area contributed by atoms with Crippen LogP contribution in [0.2, 0.25) is 0 Å². The van der Waals surface area contributed by atoms with Crippen LogP contribution in [0.4, 0.5) is 0 Å². The summed E-state index contributed by atoms with van der Waals surface area (Å²) in [5.74, 6) is 3.36. The Morgan fingerprint density at radius 1 is 1.00 bits per heavy atom. The Kier molecular flexibility index (Phi) is 2.87. The van der Waals surface area contributed by atoms with E-state index < -0.39 is 0 Å². The lowest BCUT2D eigenvalue weighted by molar-refractivity contribution is -0.122. The predicted molar refractivity (Wildman–Crippen MR) is 73.7 cm³/mol. The van der Waals surface area contributed by atoms with Crippen LogP contribution in [0.15, 0.2) is 23.3 Å². The molecule has 0 aromatic carbocycles. The number of ketones is 1. The van der Waals surface area contributed by atoms with E-state index in [1.165, 1.54) is 24.8 Å². The van der Waals surface area contributed by atoms with Gasteiger partial charge in [0.1, 0.15) is 5.78 Å². The fourth-order valence-corrected chi connectivity index (χ4v) is 4.87. The minimum Gasteiger partial charge on any atom is -0.377 e. The molecule has 0 spiro atoms. The topological polar surface area (TPSA) is 26.3 Å². The standard InChI is InChI=1S/C17H22O2/c18-13-3-6-14-11(9-13)1-4-17-15-7-8-19-10-12(15)2-5-16(14)17/h2,5,11,14-15,17H,1,3-4,6-10H2. The lowest BCUT2D eigenvalue weighted by Crippen LogP contribution is -2.39. The van der Waals surface area contributed by atoms with Gasteiger partial charge in [0.2, 0.25) is 0 Å². The third kappa shape index (κ3) is 1.92. The molecule has 3 fully saturated rings. The maximum absolute atomic E-state index is 11.7. The largest absolute Gasteiger partial charge is 0.377 e. The minimum absolute atomic E-state index is 0.499. The zero-order valence-electron chi connectivity index (χ0n) is 11.4. The van der Waals surface area contributed by atoms with E-state index in [0.717, 1.165) is 44.3 Å². The molecule has 102 valence electrons. The molecule has 0 N–H and O–H groups in total. The lowest BCUT2D eigenvalue weighted by Gasteiger charge is -2.46. The van der Waals surface area contributed by atoms with E-state index in [4.69, 9.17) is 4.74 Å². The van der Waals surface area contributed by atoms with Crippen molar-refractivity contribution in [2.45, 2.75) is 38.5 Å². The van der Waals surface area contributed by atoms with Gasteiger partial charge in [0.15, 0.2) is 0 Å². The molecule has 0 radical (unpaired) electrons. The van der Waals surface area contributed by atoms with Crippen molar-refractivity contribution in [3.63, 3.8) is 0 Å². The summed E-state index contributed by atoms with van der Waals surface area (Å²) in [5, 5.41) is 0. The summed E-state index contributed by atoms with van der Waals surface area (Å²) in [5.41, 5.74) is 3.20. The van der Waals surface area contributed by atoms with Gasteiger partial charge in [-0.25, -0.2) is 0 Å². The van der Waals surface area contributed by atoms with Crippen LogP contribution < -0.4 is 0 Å². The average molecular weight is 258 g/mol. The second-order valence-electron chi connectivity index (χ2n) is 6.69. The molecule has 0 bridgehead atoms. The molecular weight excluding hydrogens is 236 g/mol. The third-order valence-electron chi connectivity index (χ3n) is 5.79. The summed E-state index contributed by atoms with van der Waals surface area (Å²) < 4.78 is 5.60.